The summed E-state index contributed by atoms with van der Waals surface area (Å²) in [5.41, 5.74) is 1.40. The molecule has 2 aromatic rings. The van der Waals surface area contributed by atoms with E-state index in [1.54, 1.807) is 6.07 Å². The van der Waals surface area contributed by atoms with Crippen LogP contribution < -0.4 is 0 Å². The van der Waals surface area contributed by atoms with Crippen LogP contribution in [0, 0.1) is 0 Å². The van der Waals surface area contributed by atoms with Crippen LogP contribution in [0.15, 0.2) is 36.4 Å². The first-order valence-corrected chi connectivity index (χ1v) is 6.24. The number of benzene rings is 2. The quantitative estimate of drug-likeness (QED) is 0.529. The van der Waals surface area contributed by atoms with Crippen molar-refractivity contribution in [1.82, 2.24) is 0 Å². The lowest BCUT2D eigenvalue weighted by Crippen LogP contribution is -2.02. The molecular weight excluding hydrogens is 288 g/mol. The Morgan fingerprint density at radius 3 is 2.27 bits per heavy atom. The summed E-state index contributed by atoms with van der Waals surface area (Å²) in [5, 5.41) is 8.99. The van der Waals surface area contributed by atoms with Gasteiger partial charge < -0.3 is 9.84 Å². The number of hydrogen-bond acceptors (Lipinski definition) is 5. The molecule has 1 aliphatic rings. The van der Waals surface area contributed by atoms with Crippen LogP contribution in [0.25, 0.3) is 11.1 Å². The molecule has 2 aromatic carbocycles. The summed E-state index contributed by atoms with van der Waals surface area (Å²) in [6.45, 7) is 0. The average Bonchev–Trinajstić information content (AvgIpc) is 2.80. The zero-order valence-electron chi connectivity index (χ0n) is 11.0. The Labute approximate surface area is 123 Å². The molecule has 0 saturated heterocycles. The average molecular weight is 296 g/mol. The molecule has 0 amide bonds. The third-order valence-electron chi connectivity index (χ3n) is 3.39. The van der Waals surface area contributed by atoms with Crippen molar-refractivity contribution >= 4 is 24.2 Å². The van der Waals surface area contributed by atoms with Gasteiger partial charge in [-0.25, -0.2) is 14.4 Å². The maximum Gasteiger partial charge on any atom is 0.346 e. The molecule has 0 unspecified atom stereocenters. The molecule has 1 heterocycles. The number of fused-ring (bicyclic) bond motifs is 1. The third kappa shape index (κ3) is 2.07. The van der Waals surface area contributed by atoms with Crippen molar-refractivity contribution in [2.75, 3.05) is 0 Å². The number of aromatic carboxylic acids is 1. The lowest BCUT2D eigenvalue weighted by atomic mass is 9.97. The van der Waals surface area contributed by atoms with Gasteiger partial charge in [-0.2, -0.15) is 0 Å². The van der Waals surface area contributed by atoms with Crippen molar-refractivity contribution < 1.29 is 29.0 Å². The molecule has 0 fully saturated rings. The van der Waals surface area contributed by atoms with Gasteiger partial charge in [-0.15, -0.1) is 0 Å². The van der Waals surface area contributed by atoms with Crippen LogP contribution in [0.4, 0.5) is 0 Å². The number of carbonyl (C=O) groups excluding carboxylic acids is 3. The van der Waals surface area contributed by atoms with E-state index in [1.807, 2.05) is 0 Å². The Balaban J connectivity index is 2.11. The highest BCUT2D eigenvalue weighted by Gasteiger charge is 2.29. The Kier molecular flexibility index (Phi) is 3.06. The van der Waals surface area contributed by atoms with Crippen LogP contribution in [0.2, 0.25) is 0 Å². The van der Waals surface area contributed by atoms with Crippen LogP contribution >= 0.6 is 0 Å². The molecule has 0 radical (unpaired) electrons. The monoisotopic (exact) mass is 296 g/mol. The van der Waals surface area contributed by atoms with E-state index in [4.69, 9.17) is 5.11 Å². The summed E-state index contributed by atoms with van der Waals surface area (Å²) in [5.74, 6) is -2.61. The van der Waals surface area contributed by atoms with E-state index in [0.29, 0.717) is 17.4 Å². The fourth-order valence-electron chi connectivity index (χ4n) is 2.30. The Bertz CT molecular complexity index is 850. The maximum absolute atomic E-state index is 11.5. The summed E-state index contributed by atoms with van der Waals surface area (Å²) in [6.07, 6.45) is 0.456. The number of carboxylic acids is 1. The van der Waals surface area contributed by atoms with Gasteiger partial charge >= 0.3 is 17.9 Å². The molecule has 1 N–H and O–H groups in total. The molecule has 0 aromatic heterocycles. The maximum atomic E-state index is 11.5. The molecule has 0 saturated carbocycles. The van der Waals surface area contributed by atoms with Gasteiger partial charge in [-0.3, -0.25) is 4.79 Å². The van der Waals surface area contributed by atoms with Crippen molar-refractivity contribution in [2.45, 2.75) is 0 Å². The normalized spacial score (nSPS) is 12.7. The Hall–Kier alpha value is -3.28. The number of cyclic esters (lactones) is 2. The Morgan fingerprint density at radius 1 is 0.955 bits per heavy atom. The molecule has 108 valence electrons. The molecule has 6 heteroatoms. The SMILES string of the molecule is O=Cc1cc(-c2ccc3c(c2)C(=O)OC3=O)ccc1C(=O)O. The second kappa shape index (κ2) is 4.92. The minimum absolute atomic E-state index is 0.0316. The van der Waals surface area contributed by atoms with E-state index < -0.39 is 17.9 Å². The molecule has 0 aliphatic carbocycles. The van der Waals surface area contributed by atoms with Crippen LogP contribution in [-0.2, 0) is 4.74 Å². The molecule has 1 aliphatic heterocycles. The second-order valence-corrected chi connectivity index (χ2v) is 4.66. The molecule has 0 spiro atoms. The fourth-order valence-corrected chi connectivity index (χ4v) is 2.30. The minimum Gasteiger partial charge on any atom is -0.478 e. The van der Waals surface area contributed by atoms with Crippen LogP contribution in [0.5, 0.6) is 0 Å². The first-order valence-electron chi connectivity index (χ1n) is 6.24. The number of carboxylic acid groups (broad SMARTS) is 1. The summed E-state index contributed by atoms with van der Waals surface area (Å²) < 4.78 is 4.51. The predicted molar refractivity (Wildman–Crippen MR) is 74.0 cm³/mol. The van der Waals surface area contributed by atoms with Gasteiger partial charge in [0.1, 0.15) is 0 Å². The predicted octanol–water partition coefficient (Wildman–Crippen LogP) is 2.17. The van der Waals surface area contributed by atoms with Gasteiger partial charge in [0.2, 0.25) is 0 Å². The highest BCUT2D eigenvalue weighted by Crippen LogP contribution is 2.28. The van der Waals surface area contributed by atoms with E-state index in [0.717, 1.165) is 0 Å². The number of rotatable bonds is 3. The van der Waals surface area contributed by atoms with Crippen molar-refractivity contribution in [3.63, 3.8) is 0 Å². The van der Waals surface area contributed by atoms with Crippen molar-refractivity contribution in [1.29, 1.82) is 0 Å². The standard InChI is InChI=1S/C16H8O6/c17-7-10-5-8(1-3-11(10)14(18)19)9-2-4-12-13(6-9)16(21)22-15(12)20/h1-7H,(H,18,19). The summed E-state index contributed by atoms with van der Waals surface area (Å²) in [6, 6.07) is 8.80. The van der Waals surface area contributed by atoms with E-state index in [1.165, 1.54) is 30.3 Å². The number of ether oxygens (including phenoxy) is 1. The van der Waals surface area contributed by atoms with Gasteiger partial charge in [0, 0.05) is 5.56 Å². The van der Waals surface area contributed by atoms with Crippen molar-refractivity contribution in [3.05, 3.63) is 58.7 Å². The molecule has 3 rings (SSSR count). The zero-order valence-corrected chi connectivity index (χ0v) is 11.0. The minimum atomic E-state index is -1.20. The lowest BCUT2D eigenvalue weighted by molar-refractivity contribution is 0.0443. The van der Waals surface area contributed by atoms with Gasteiger partial charge in [0.05, 0.1) is 16.7 Å². The second-order valence-electron chi connectivity index (χ2n) is 4.66. The van der Waals surface area contributed by atoms with E-state index in [-0.39, 0.29) is 22.3 Å². The summed E-state index contributed by atoms with van der Waals surface area (Å²) >= 11 is 0. The topological polar surface area (TPSA) is 97.7 Å². The van der Waals surface area contributed by atoms with E-state index in [9.17, 15) is 19.2 Å². The van der Waals surface area contributed by atoms with Crippen LogP contribution in [0.3, 0.4) is 0 Å². The van der Waals surface area contributed by atoms with Gasteiger partial charge in [-0.1, -0.05) is 12.1 Å². The zero-order chi connectivity index (χ0) is 15.9. The molecule has 0 bridgehead atoms. The molecule has 6 nitrogen and oxygen atoms in total. The number of carbonyl (C=O) groups is 4. The fraction of sp³-hybridized carbons (Fsp3) is 0. The highest BCUT2D eigenvalue weighted by atomic mass is 16.6. The molecular formula is C16H8O6. The number of aldehydes is 1. The largest absolute Gasteiger partial charge is 0.478 e. The van der Waals surface area contributed by atoms with E-state index in [2.05, 4.69) is 4.74 Å². The first-order chi connectivity index (χ1) is 10.5. The lowest BCUT2D eigenvalue weighted by Gasteiger charge is -2.06. The molecule has 22 heavy (non-hydrogen) atoms. The first kappa shape index (κ1) is 13.7. The van der Waals surface area contributed by atoms with Crippen molar-refractivity contribution in [3.8, 4) is 11.1 Å². The third-order valence-corrected chi connectivity index (χ3v) is 3.39. The van der Waals surface area contributed by atoms with Crippen LogP contribution in [-0.4, -0.2) is 29.3 Å². The van der Waals surface area contributed by atoms with Gasteiger partial charge in [-0.05, 0) is 35.4 Å². The Morgan fingerprint density at radius 2 is 1.59 bits per heavy atom. The summed E-state index contributed by atoms with van der Waals surface area (Å²) in [7, 11) is 0. The van der Waals surface area contributed by atoms with Crippen LogP contribution in [0.1, 0.15) is 41.4 Å². The van der Waals surface area contributed by atoms with Gasteiger partial charge in [0.15, 0.2) is 6.29 Å². The molecule has 0 atom stereocenters. The van der Waals surface area contributed by atoms with E-state index >= 15 is 0 Å². The number of hydrogen-bond donors (Lipinski definition) is 1. The highest BCUT2D eigenvalue weighted by molar-refractivity contribution is 6.15. The smallest absolute Gasteiger partial charge is 0.346 e. The number of esters is 2. The van der Waals surface area contributed by atoms with Gasteiger partial charge in [0.25, 0.3) is 0 Å². The summed E-state index contributed by atoms with van der Waals surface area (Å²) in [4.78, 5) is 45.0. The van der Waals surface area contributed by atoms with Crippen molar-refractivity contribution in [2.24, 2.45) is 0 Å².